The molecule has 0 saturated carbocycles. The lowest BCUT2D eigenvalue weighted by molar-refractivity contribution is 0.0673. The van der Waals surface area contributed by atoms with Crippen molar-refractivity contribution in [2.45, 2.75) is 13.1 Å². The van der Waals surface area contributed by atoms with Gasteiger partial charge in [0.1, 0.15) is 11.6 Å². The fourth-order valence-electron chi connectivity index (χ4n) is 1.45. The van der Waals surface area contributed by atoms with Crippen molar-refractivity contribution >= 4 is 21.6 Å². The molecular weight excluding hydrogens is 311 g/mol. The zero-order chi connectivity index (χ0) is 13.1. The monoisotopic (exact) mass is 319 g/mol. The van der Waals surface area contributed by atoms with Crippen LogP contribution in [0.4, 0.5) is 18.9 Å². The van der Waals surface area contributed by atoms with Gasteiger partial charge in [0.15, 0.2) is 0 Å². The number of imidazole rings is 1. The number of rotatable bonds is 4. The van der Waals surface area contributed by atoms with Crippen LogP contribution in [0.5, 0.6) is 0 Å². The third kappa shape index (κ3) is 2.84. The van der Waals surface area contributed by atoms with Crippen molar-refractivity contribution in [1.82, 2.24) is 9.55 Å². The minimum absolute atomic E-state index is 0.0956. The van der Waals surface area contributed by atoms with Crippen molar-refractivity contribution in [3.05, 3.63) is 46.7 Å². The molecular formula is C11H9BrF3N3. The average Bonchev–Trinajstić information content (AvgIpc) is 2.79. The first-order valence-electron chi connectivity index (χ1n) is 5.06. The summed E-state index contributed by atoms with van der Waals surface area (Å²) in [4.78, 5) is 3.81. The first-order chi connectivity index (χ1) is 8.58. The third-order valence-corrected chi connectivity index (χ3v) is 2.97. The van der Waals surface area contributed by atoms with Crippen LogP contribution >= 0.6 is 15.9 Å². The number of hydrogen-bond donors (Lipinski definition) is 1. The fourth-order valence-corrected chi connectivity index (χ4v) is 1.69. The lowest BCUT2D eigenvalue weighted by Crippen LogP contribution is -2.09. The Hall–Kier alpha value is -1.50. The second-order valence-electron chi connectivity index (χ2n) is 3.51. The van der Waals surface area contributed by atoms with Crippen LogP contribution in [0, 0.1) is 5.82 Å². The van der Waals surface area contributed by atoms with Gasteiger partial charge in [0.05, 0.1) is 11.0 Å². The van der Waals surface area contributed by atoms with E-state index < -0.39 is 12.4 Å². The number of benzene rings is 1. The van der Waals surface area contributed by atoms with Crippen LogP contribution in [0.1, 0.15) is 12.4 Å². The normalized spacial score (nSPS) is 10.9. The molecule has 1 aromatic heterocycles. The highest BCUT2D eigenvalue weighted by Gasteiger charge is 2.11. The van der Waals surface area contributed by atoms with Gasteiger partial charge < -0.3 is 5.32 Å². The number of nitrogens with zero attached hydrogens (tertiary/aromatic N) is 2. The van der Waals surface area contributed by atoms with E-state index >= 15 is 0 Å². The zero-order valence-corrected chi connectivity index (χ0v) is 10.7. The summed E-state index contributed by atoms with van der Waals surface area (Å²) >= 11 is 3.03. The van der Waals surface area contributed by atoms with E-state index in [0.29, 0.717) is 10.2 Å². The van der Waals surface area contributed by atoms with E-state index in [-0.39, 0.29) is 12.4 Å². The highest BCUT2D eigenvalue weighted by molar-refractivity contribution is 9.10. The van der Waals surface area contributed by atoms with E-state index in [1.54, 1.807) is 6.07 Å². The molecule has 7 heteroatoms. The second-order valence-corrected chi connectivity index (χ2v) is 4.37. The van der Waals surface area contributed by atoms with E-state index in [9.17, 15) is 13.2 Å². The molecule has 0 spiro atoms. The first kappa shape index (κ1) is 12.9. The molecule has 1 aromatic carbocycles. The van der Waals surface area contributed by atoms with Crippen molar-refractivity contribution in [2.24, 2.45) is 0 Å². The summed E-state index contributed by atoms with van der Waals surface area (Å²) in [6.45, 7) is -2.54. The van der Waals surface area contributed by atoms with E-state index in [2.05, 4.69) is 26.2 Å². The smallest absolute Gasteiger partial charge is 0.319 e. The molecule has 0 unspecified atom stereocenters. The van der Waals surface area contributed by atoms with Gasteiger partial charge in [-0.05, 0) is 34.1 Å². The summed E-state index contributed by atoms with van der Waals surface area (Å²) in [6.07, 6.45) is 2.50. The molecule has 0 fully saturated rings. The lowest BCUT2D eigenvalue weighted by atomic mass is 10.3. The van der Waals surface area contributed by atoms with Crippen molar-refractivity contribution in [3.63, 3.8) is 0 Å². The maximum absolute atomic E-state index is 13.2. The Morgan fingerprint density at radius 3 is 2.83 bits per heavy atom. The fraction of sp³-hybridized carbons (Fsp3) is 0.182. The summed E-state index contributed by atoms with van der Waals surface area (Å²) < 4.78 is 39.4. The Morgan fingerprint density at radius 2 is 2.17 bits per heavy atom. The molecule has 0 radical (unpaired) electrons. The Labute approximate surface area is 110 Å². The molecule has 0 aliphatic heterocycles. The van der Waals surface area contributed by atoms with Crippen molar-refractivity contribution < 1.29 is 13.2 Å². The van der Waals surface area contributed by atoms with E-state index in [1.807, 2.05) is 0 Å². The molecule has 0 aliphatic rings. The number of hydrogen-bond acceptors (Lipinski definition) is 2. The molecule has 0 atom stereocenters. The van der Waals surface area contributed by atoms with Gasteiger partial charge in [0.2, 0.25) is 0 Å². The predicted octanol–water partition coefficient (Wildman–Crippen LogP) is 3.79. The van der Waals surface area contributed by atoms with Crippen molar-refractivity contribution in [2.75, 3.05) is 5.32 Å². The highest BCUT2D eigenvalue weighted by Crippen LogP contribution is 2.20. The van der Waals surface area contributed by atoms with Gasteiger partial charge in [0.25, 0.3) is 0 Å². The van der Waals surface area contributed by atoms with E-state index in [4.69, 9.17) is 0 Å². The SMILES string of the molecule is Fc1cc(NCc2nccn2C(F)F)ccc1Br. The van der Waals surface area contributed by atoms with Gasteiger partial charge in [-0.15, -0.1) is 0 Å². The van der Waals surface area contributed by atoms with Crippen LogP contribution in [0.3, 0.4) is 0 Å². The number of alkyl halides is 2. The zero-order valence-electron chi connectivity index (χ0n) is 9.08. The molecule has 0 amide bonds. The summed E-state index contributed by atoms with van der Waals surface area (Å²) in [5, 5.41) is 2.83. The summed E-state index contributed by atoms with van der Waals surface area (Å²) in [5.74, 6) is -0.231. The summed E-state index contributed by atoms with van der Waals surface area (Å²) in [5.41, 5.74) is 0.500. The molecule has 1 N–H and O–H groups in total. The van der Waals surface area contributed by atoms with Crippen LogP contribution in [0.2, 0.25) is 0 Å². The van der Waals surface area contributed by atoms with Crippen LogP contribution < -0.4 is 5.32 Å². The number of aromatic nitrogens is 2. The molecule has 1 heterocycles. The van der Waals surface area contributed by atoms with Gasteiger partial charge in [-0.25, -0.2) is 9.37 Å². The lowest BCUT2D eigenvalue weighted by Gasteiger charge is -2.09. The van der Waals surface area contributed by atoms with Crippen molar-refractivity contribution in [3.8, 4) is 0 Å². The Morgan fingerprint density at radius 1 is 1.39 bits per heavy atom. The average molecular weight is 320 g/mol. The number of halogens is 4. The molecule has 18 heavy (non-hydrogen) atoms. The molecule has 0 aliphatic carbocycles. The number of anilines is 1. The molecule has 2 rings (SSSR count). The topological polar surface area (TPSA) is 29.9 Å². The molecule has 0 bridgehead atoms. The van der Waals surface area contributed by atoms with Gasteiger partial charge in [-0.1, -0.05) is 0 Å². The Bertz CT molecular complexity index is 542. The van der Waals surface area contributed by atoms with Crippen LogP contribution in [-0.2, 0) is 6.54 Å². The van der Waals surface area contributed by atoms with Gasteiger partial charge in [-0.2, -0.15) is 8.78 Å². The van der Waals surface area contributed by atoms with Gasteiger partial charge >= 0.3 is 6.55 Å². The maximum atomic E-state index is 13.2. The Kier molecular flexibility index (Phi) is 3.90. The van der Waals surface area contributed by atoms with Crippen LogP contribution in [0.25, 0.3) is 0 Å². The molecule has 96 valence electrons. The standard InChI is InChI=1S/C11H9BrF3N3/c12-8-2-1-7(5-9(8)13)17-6-10-16-3-4-18(10)11(14)15/h1-5,11,17H,6H2. The second kappa shape index (κ2) is 5.43. The first-order valence-corrected chi connectivity index (χ1v) is 5.86. The molecule has 3 nitrogen and oxygen atoms in total. The highest BCUT2D eigenvalue weighted by atomic mass is 79.9. The summed E-state index contributed by atoms with van der Waals surface area (Å²) in [6, 6.07) is 4.46. The van der Waals surface area contributed by atoms with Crippen LogP contribution in [-0.4, -0.2) is 9.55 Å². The minimum atomic E-state index is -2.63. The third-order valence-electron chi connectivity index (χ3n) is 2.33. The van der Waals surface area contributed by atoms with Crippen molar-refractivity contribution in [1.29, 1.82) is 0 Å². The number of nitrogens with one attached hydrogen (secondary N) is 1. The molecule has 0 saturated heterocycles. The van der Waals surface area contributed by atoms with Gasteiger partial charge in [0, 0.05) is 18.1 Å². The van der Waals surface area contributed by atoms with Gasteiger partial charge in [-0.3, -0.25) is 4.57 Å². The Balaban J connectivity index is 2.07. The van der Waals surface area contributed by atoms with Crippen LogP contribution in [0.15, 0.2) is 35.1 Å². The quantitative estimate of drug-likeness (QED) is 0.929. The summed E-state index contributed by atoms with van der Waals surface area (Å²) in [7, 11) is 0. The molecule has 2 aromatic rings. The minimum Gasteiger partial charge on any atom is -0.378 e. The maximum Gasteiger partial charge on any atom is 0.319 e. The van der Waals surface area contributed by atoms with E-state index in [1.165, 1.54) is 24.5 Å². The predicted molar refractivity (Wildman–Crippen MR) is 64.9 cm³/mol. The van der Waals surface area contributed by atoms with E-state index in [0.717, 1.165) is 4.57 Å². The largest absolute Gasteiger partial charge is 0.378 e.